The van der Waals surface area contributed by atoms with Crippen molar-refractivity contribution in [3.05, 3.63) is 22.2 Å². The minimum atomic E-state index is 0.784. The summed E-state index contributed by atoms with van der Waals surface area (Å²) in [6, 6.07) is 3.86. The number of ether oxygens (including phenoxy) is 1. The molecule has 2 aromatic heterocycles. The fourth-order valence-electron chi connectivity index (χ4n) is 1.11. The minimum Gasteiger partial charge on any atom is -0.486 e. The molecule has 0 saturated carbocycles. The van der Waals surface area contributed by atoms with Crippen molar-refractivity contribution >= 4 is 34.3 Å². The van der Waals surface area contributed by atoms with Crippen molar-refractivity contribution < 1.29 is 4.74 Å². The van der Waals surface area contributed by atoms with Gasteiger partial charge in [-0.15, -0.1) is 11.3 Å². The predicted molar refractivity (Wildman–Crippen MR) is 61.7 cm³/mol. The topological polar surface area (TPSA) is 22.1 Å². The van der Waals surface area contributed by atoms with Gasteiger partial charge in [0.15, 0.2) is 5.06 Å². The van der Waals surface area contributed by atoms with Crippen LogP contribution in [-0.2, 0) is 0 Å². The molecule has 0 unspecified atom stereocenters. The Labute approximate surface area is 95.1 Å². The first kappa shape index (κ1) is 9.96. The molecule has 0 aliphatic rings. The summed E-state index contributed by atoms with van der Waals surface area (Å²) in [5.74, 6) is 0. The summed E-state index contributed by atoms with van der Waals surface area (Å²) in [6.45, 7) is 1.94. The number of rotatable bonds is 2. The minimum absolute atomic E-state index is 0.784. The summed E-state index contributed by atoms with van der Waals surface area (Å²) in [7, 11) is 1.66. The molecule has 0 fully saturated rings. The van der Waals surface area contributed by atoms with Crippen LogP contribution >= 0.6 is 34.3 Å². The second-order valence-electron chi connectivity index (χ2n) is 2.70. The van der Waals surface area contributed by atoms with E-state index in [9.17, 15) is 0 Å². The standard InChI is InChI=1S/C9H8ClNOS2/c1-5-9(12-2)14-8(11-5)6-3-4-7(10)13-6/h3-4H,1-2H3. The van der Waals surface area contributed by atoms with Crippen LogP contribution in [0.25, 0.3) is 9.88 Å². The molecule has 0 bridgehead atoms. The number of aryl methyl sites for hydroxylation is 1. The van der Waals surface area contributed by atoms with Crippen LogP contribution in [0.15, 0.2) is 12.1 Å². The Kier molecular flexibility index (Phi) is 2.76. The van der Waals surface area contributed by atoms with E-state index in [0.717, 1.165) is 25.0 Å². The Balaban J connectivity index is 2.42. The van der Waals surface area contributed by atoms with Crippen molar-refractivity contribution in [2.45, 2.75) is 6.92 Å². The summed E-state index contributed by atoms with van der Waals surface area (Å²) in [4.78, 5) is 5.50. The number of thiazole rings is 1. The number of methoxy groups -OCH3 is 1. The third-order valence-corrected chi connectivity index (χ3v) is 4.24. The molecule has 0 aliphatic heterocycles. The Bertz CT molecular complexity index is 449. The maximum Gasteiger partial charge on any atom is 0.197 e. The SMILES string of the molecule is COc1sc(-c2ccc(Cl)s2)nc1C. The van der Waals surface area contributed by atoms with Crippen molar-refractivity contribution in [1.82, 2.24) is 4.98 Å². The first-order chi connectivity index (χ1) is 6.70. The summed E-state index contributed by atoms with van der Waals surface area (Å²) in [6.07, 6.45) is 0. The Morgan fingerprint density at radius 3 is 2.64 bits per heavy atom. The molecule has 74 valence electrons. The molecule has 2 rings (SSSR count). The largest absolute Gasteiger partial charge is 0.486 e. The molecule has 0 atom stereocenters. The van der Waals surface area contributed by atoms with Gasteiger partial charge in [0.2, 0.25) is 0 Å². The van der Waals surface area contributed by atoms with E-state index in [1.54, 1.807) is 18.4 Å². The number of hydrogen-bond acceptors (Lipinski definition) is 4. The summed E-state index contributed by atoms with van der Waals surface area (Å²) in [5, 5.41) is 1.83. The maximum absolute atomic E-state index is 5.85. The molecule has 2 nitrogen and oxygen atoms in total. The van der Waals surface area contributed by atoms with Gasteiger partial charge in [-0.25, -0.2) is 4.98 Å². The van der Waals surface area contributed by atoms with Crippen molar-refractivity contribution in [3.8, 4) is 14.9 Å². The third-order valence-electron chi connectivity index (χ3n) is 1.72. The quantitative estimate of drug-likeness (QED) is 0.802. The van der Waals surface area contributed by atoms with E-state index >= 15 is 0 Å². The highest BCUT2D eigenvalue weighted by molar-refractivity contribution is 7.24. The number of thiophene rings is 1. The second-order valence-corrected chi connectivity index (χ2v) is 5.38. The van der Waals surface area contributed by atoms with Gasteiger partial charge in [-0.2, -0.15) is 0 Å². The molecule has 0 N–H and O–H groups in total. The predicted octanol–water partition coefficient (Wildman–Crippen LogP) is 3.84. The third kappa shape index (κ3) is 1.78. The molecule has 0 spiro atoms. The lowest BCUT2D eigenvalue weighted by Gasteiger charge is -1.90. The van der Waals surface area contributed by atoms with Gasteiger partial charge in [0, 0.05) is 0 Å². The van der Waals surface area contributed by atoms with Crippen LogP contribution in [0.3, 0.4) is 0 Å². The summed E-state index contributed by atoms with van der Waals surface area (Å²) >= 11 is 8.93. The van der Waals surface area contributed by atoms with Crippen LogP contribution in [0.4, 0.5) is 0 Å². The van der Waals surface area contributed by atoms with Gasteiger partial charge in [-0.3, -0.25) is 0 Å². The van der Waals surface area contributed by atoms with Crippen molar-refractivity contribution in [2.75, 3.05) is 7.11 Å². The average Bonchev–Trinajstić information content (AvgIpc) is 2.71. The van der Waals surface area contributed by atoms with Gasteiger partial charge < -0.3 is 4.74 Å². The van der Waals surface area contributed by atoms with Crippen LogP contribution in [0.1, 0.15) is 5.69 Å². The van der Waals surface area contributed by atoms with Crippen LogP contribution in [0.2, 0.25) is 4.34 Å². The molecule has 0 aromatic carbocycles. The van der Waals surface area contributed by atoms with E-state index in [0.29, 0.717) is 0 Å². The highest BCUT2D eigenvalue weighted by atomic mass is 35.5. The van der Waals surface area contributed by atoms with E-state index in [4.69, 9.17) is 16.3 Å². The lowest BCUT2D eigenvalue weighted by molar-refractivity contribution is 0.423. The van der Waals surface area contributed by atoms with Crippen LogP contribution in [-0.4, -0.2) is 12.1 Å². The maximum atomic E-state index is 5.85. The molecular formula is C9H8ClNOS2. The zero-order valence-electron chi connectivity index (χ0n) is 7.70. The van der Waals surface area contributed by atoms with Crippen LogP contribution in [0.5, 0.6) is 5.06 Å². The monoisotopic (exact) mass is 245 g/mol. The number of nitrogens with zero attached hydrogens (tertiary/aromatic N) is 1. The lowest BCUT2D eigenvalue weighted by atomic mass is 10.5. The lowest BCUT2D eigenvalue weighted by Crippen LogP contribution is -1.80. The highest BCUT2D eigenvalue weighted by Crippen LogP contribution is 2.37. The Hall–Kier alpha value is -0.580. The summed E-state index contributed by atoms with van der Waals surface area (Å²) in [5.41, 5.74) is 0.928. The fourth-order valence-corrected chi connectivity index (χ4v) is 3.09. The van der Waals surface area contributed by atoms with Crippen LogP contribution < -0.4 is 4.74 Å². The van der Waals surface area contributed by atoms with E-state index < -0.39 is 0 Å². The molecule has 2 heterocycles. The molecule has 0 radical (unpaired) electrons. The zero-order valence-corrected chi connectivity index (χ0v) is 10.1. The zero-order chi connectivity index (χ0) is 10.1. The molecular weight excluding hydrogens is 238 g/mol. The summed E-state index contributed by atoms with van der Waals surface area (Å²) < 4.78 is 5.97. The number of hydrogen-bond donors (Lipinski definition) is 0. The molecule has 0 amide bonds. The molecule has 2 aromatic rings. The Morgan fingerprint density at radius 1 is 1.36 bits per heavy atom. The van der Waals surface area contributed by atoms with E-state index in [2.05, 4.69) is 4.98 Å². The highest BCUT2D eigenvalue weighted by Gasteiger charge is 2.10. The van der Waals surface area contributed by atoms with Crippen molar-refractivity contribution in [2.24, 2.45) is 0 Å². The van der Waals surface area contributed by atoms with E-state index in [1.807, 2.05) is 19.1 Å². The molecule has 0 aliphatic carbocycles. The van der Waals surface area contributed by atoms with Crippen molar-refractivity contribution in [1.29, 1.82) is 0 Å². The van der Waals surface area contributed by atoms with E-state index in [1.165, 1.54) is 11.3 Å². The molecule has 0 saturated heterocycles. The van der Waals surface area contributed by atoms with Crippen molar-refractivity contribution in [3.63, 3.8) is 0 Å². The first-order valence-corrected chi connectivity index (χ1v) is 5.99. The number of halogens is 1. The van der Waals surface area contributed by atoms with Gasteiger partial charge in [-0.05, 0) is 19.1 Å². The first-order valence-electron chi connectivity index (χ1n) is 3.98. The number of aromatic nitrogens is 1. The fraction of sp³-hybridized carbons (Fsp3) is 0.222. The average molecular weight is 246 g/mol. The van der Waals surface area contributed by atoms with Crippen LogP contribution in [0, 0.1) is 6.92 Å². The van der Waals surface area contributed by atoms with Gasteiger partial charge in [0.25, 0.3) is 0 Å². The second kappa shape index (κ2) is 3.88. The molecule has 14 heavy (non-hydrogen) atoms. The van der Waals surface area contributed by atoms with Gasteiger partial charge in [0.05, 0.1) is 22.0 Å². The van der Waals surface area contributed by atoms with Gasteiger partial charge in [-0.1, -0.05) is 22.9 Å². The normalized spacial score (nSPS) is 10.5. The van der Waals surface area contributed by atoms with Gasteiger partial charge in [0.1, 0.15) is 5.01 Å². The van der Waals surface area contributed by atoms with E-state index in [-0.39, 0.29) is 0 Å². The van der Waals surface area contributed by atoms with Gasteiger partial charge >= 0.3 is 0 Å². The Morgan fingerprint density at radius 2 is 2.14 bits per heavy atom. The smallest absolute Gasteiger partial charge is 0.197 e. The molecule has 5 heteroatoms.